The lowest BCUT2D eigenvalue weighted by atomic mass is 10.3. The Hall–Kier alpha value is -0.200. The topological polar surface area (TPSA) is 46.2 Å². The van der Waals surface area contributed by atoms with Gasteiger partial charge in [-0.3, -0.25) is 0 Å². The summed E-state index contributed by atoms with van der Waals surface area (Å²) in [7, 11) is 0. The molecular formula is C18H38O5. The second-order valence-electron chi connectivity index (χ2n) is 5.48. The van der Waals surface area contributed by atoms with Crippen LogP contribution in [-0.4, -0.2) is 66.1 Å². The minimum atomic E-state index is 0.604. The Morgan fingerprint density at radius 1 is 0.348 bits per heavy atom. The van der Waals surface area contributed by atoms with Gasteiger partial charge in [0.2, 0.25) is 0 Å². The highest BCUT2D eigenvalue weighted by Crippen LogP contribution is 1.94. The maximum atomic E-state index is 5.45. The smallest absolute Gasteiger partial charge is 0.0701 e. The van der Waals surface area contributed by atoms with Gasteiger partial charge in [-0.15, -0.1) is 0 Å². The summed E-state index contributed by atoms with van der Waals surface area (Å²) in [5.74, 6) is 0. The van der Waals surface area contributed by atoms with Crippen LogP contribution in [-0.2, 0) is 23.7 Å². The summed E-state index contributed by atoms with van der Waals surface area (Å²) in [6.07, 6.45) is 7.22. The van der Waals surface area contributed by atoms with Crippen LogP contribution in [0.15, 0.2) is 0 Å². The first-order valence-electron chi connectivity index (χ1n) is 9.30. The zero-order valence-corrected chi connectivity index (χ0v) is 15.4. The van der Waals surface area contributed by atoms with Crippen molar-refractivity contribution in [2.75, 3.05) is 66.1 Å². The lowest BCUT2D eigenvalue weighted by Crippen LogP contribution is -2.13. The summed E-state index contributed by atoms with van der Waals surface area (Å²) in [4.78, 5) is 0. The molecule has 5 nitrogen and oxygen atoms in total. The first kappa shape index (κ1) is 22.8. The molecule has 0 aliphatic heterocycles. The molecule has 0 saturated carbocycles. The first-order valence-corrected chi connectivity index (χ1v) is 9.30. The van der Waals surface area contributed by atoms with Gasteiger partial charge >= 0.3 is 0 Å². The summed E-state index contributed by atoms with van der Waals surface area (Å²) < 4.78 is 27.2. The maximum Gasteiger partial charge on any atom is 0.0701 e. The fourth-order valence-electron chi connectivity index (χ4n) is 1.89. The van der Waals surface area contributed by atoms with Gasteiger partial charge in [-0.05, 0) is 12.8 Å². The quantitative estimate of drug-likeness (QED) is 0.319. The van der Waals surface area contributed by atoms with E-state index in [0.29, 0.717) is 52.9 Å². The van der Waals surface area contributed by atoms with Crippen LogP contribution in [0.1, 0.15) is 52.4 Å². The largest absolute Gasteiger partial charge is 0.379 e. The lowest BCUT2D eigenvalue weighted by Gasteiger charge is -2.08. The Kier molecular flexibility index (Phi) is 21.6. The first-order chi connectivity index (χ1) is 11.4. The van der Waals surface area contributed by atoms with Gasteiger partial charge in [0.25, 0.3) is 0 Å². The van der Waals surface area contributed by atoms with Crippen LogP contribution in [0.2, 0.25) is 0 Å². The summed E-state index contributed by atoms with van der Waals surface area (Å²) in [6, 6.07) is 0. The molecule has 140 valence electrons. The van der Waals surface area contributed by atoms with E-state index in [9.17, 15) is 0 Å². The monoisotopic (exact) mass is 334 g/mol. The third kappa shape index (κ3) is 21.8. The van der Waals surface area contributed by atoms with Gasteiger partial charge in [-0.25, -0.2) is 0 Å². The van der Waals surface area contributed by atoms with Crippen LogP contribution in [0, 0.1) is 0 Å². The molecule has 0 saturated heterocycles. The average molecular weight is 334 g/mol. The zero-order valence-electron chi connectivity index (χ0n) is 15.4. The molecule has 0 atom stereocenters. The van der Waals surface area contributed by atoms with E-state index in [0.717, 1.165) is 26.1 Å². The van der Waals surface area contributed by atoms with Crippen molar-refractivity contribution in [1.29, 1.82) is 0 Å². The molecule has 5 heteroatoms. The van der Waals surface area contributed by atoms with E-state index >= 15 is 0 Å². The van der Waals surface area contributed by atoms with Crippen LogP contribution < -0.4 is 0 Å². The van der Waals surface area contributed by atoms with Gasteiger partial charge in [0, 0.05) is 13.2 Å². The van der Waals surface area contributed by atoms with Crippen LogP contribution in [0.25, 0.3) is 0 Å². The standard InChI is InChI=1S/C18H38O5/c1-3-5-7-9-19-11-13-21-15-17-23-18-16-22-14-12-20-10-8-6-4-2/h3-18H2,1-2H3. The molecule has 0 radical (unpaired) electrons. The molecule has 0 fully saturated rings. The van der Waals surface area contributed by atoms with Crippen LogP contribution >= 0.6 is 0 Å². The van der Waals surface area contributed by atoms with E-state index in [1.807, 2.05) is 0 Å². The normalized spacial score (nSPS) is 11.2. The van der Waals surface area contributed by atoms with Crippen molar-refractivity contribution in [1.82, 2.24) is 0 Å². The van der Waals surface area contributed by atoms with Gasteiger partial charge < -0.3 is 23.7 Å². The Morgan fingerprint density at radius 2 is 0.609 bits per heavy atom. The second-order valence-corrected chi connectivity index (χ2v) is 5.48. The van der Waals surface area contributed by atoms with Gasteiger partial charge in [0.05, 0.1) is 52.9 Å². The number of unbranched alkanes of at least 4 members (excludes halogenated alkanes) is 4. The highest BCUT2D eigenvalue weighted by molar-refractivity contribution is 4.39. The molecule has 0 spiro atoms. The van der Waals surface area contributed by atoms with E-state index in [1.165, 1.54) is 25.7 Å². The van der Waals surface area contributed by atoms with Gasteiger partial charge in [0.15, 0.2) is 0 Å². The molecule has 23 heavy (non-hydrogen) atoms. The molecule has 0 amide bonds. The lowest BCUT2D eigenvalue weighted by molar-refractivity contribution is -0.0114. The molecule has 0 heterocycles. The third-order valence-electron chi connectivity index (χ3n) is 3.27. The van der Waals surface area contributed by atoms with E-state index in [-0.39, 0.29) is 0 Å². The number of hydrogen-bond acceptors (Lipinski definition) is 5. The van der Waals surface area contributed by atoms with Crippen molar-refractivity contribution in [3.05, 3.63) is 0 Å². The summed E-state index contributed by atoms with van der Waals surface area (Å²) in [5.41, 5.74) is 0. The predicted octanol–water partition coefficient (Wildman–Crippen LogP) is 3.45. The molecule has 0 bridgehead atoms. The molecule has 0 rings (SSSR count). The number of hydrogen-bond donors (Lipinski definition) is 0. The minimum Gasteiger partial charge on any atom is -0.379 e. The highest BCUT2D eigenvalue weighted by Gasteiger charge is 1.93. The van der Waals surface area contributed by atoms with E-state index in [1.54, 1.807) is 0 Å². The van der Waals surface area contributed by atoms with Gasteiger partial charge in [-0.2, -0.15) is 0 Å². The minimum absolute atomic E-state index is 0.604. The Morgan fingerprint density at radius 3 is 0.870 bits per heavy atom. The van der Waals surface area contributed by atoms with Crippen molar-refractivity contribution < 1.29 is 23.7 Å². The molecule has 0 aromatic carbocycles. The van der Waals surface area contributed by atoms with Crippen molar-refractivity contribution in [2.24, 2.45) is 0 Å². The van der Waals surface area contributed by atoms with Crippen molar-refractivity contribution >= 4 is 0 Å². The molecule has 0 aromatic heterocycles. The summed E-state index contributed by atoms with van der Waals surface area (Å²) in [5, 5.41) is 0. The third-order valence-corrected chi connectivity index (χ3v) is 3.27. The zero-order chi connectivity index (χ0) is 16.8. The molecule has 0 aromatic rings. The molecule has 0 aliphatic rings. The van der Waals surface area contributed by atoms with Crippen LogP contribution in [0.5, 0.6) is 0 Å². The molecule has 0 N–H and O–H groups in total. The van der Waals surface area contributed by atoms with Crippen molar-refractivity contribution in [2.45, 2.75) is 52.4 Å². The maximum absolute atomic E-state index is 5.45. The summed E-state index contributed by atoms with van der Waals surface area (Å²) in [6.45, 7) is 11.1. The fourth-order valence-corrected chi connectivity index (χ4v) is 1.89. The number of rotatable bonds is 20. The second kappa shape index (κ2) is 21.8. The highest BCUT2D eigenvalue weighted by atomic mass is 16.6. The van der Waals surface area contributed by atoms with E-state index in [4.69, 9.17) is 23.7 Å². The van der Waals surface area contributed by atoms with Crippen molar-refractivity contribution in [3.63, 3.8) is 0 Å². The Balaban J connectivity index is 2.92. The molecular weight excluding hydrogens is 296 g/mol. The SMILES string of the molecule is CCCCCOCCOCCOCCOCCOCCCCC. The molecule has 0 aliphatic carbocycles. The van der Waals surface area contributed by atoms with Crippen LogP contribution in [0.3, 0.4) is 0 Å². The van der Waals surface area contributed by atoms with Crippen LogP contribution in [0.4, 0.5) is 0 Å². The average Bonchev–Trinajstić information content (AvgIpc) is 2.57. The van der Waals surface area contributed by atoms with E-state index in [2.05, 4.69) is 13.8 Å². The Bertz CT molecular complexity index is 182. The van der Waals surface area contributed by atoms with Gasteiger partial charge in [0.1, 0.15) is 0 Å². The Labute approximate surface area is 143 Å². The van der Waals surface area contributed by atoms with Gasteiger partial charge in [-0.1, -0.05) is 39.5 Å². The van der Waals surface area contributed by atoms with E-state index < -0.39 is 0 Å². The summed E-state index contributed by atoms with van der Waals surface area (Å²) >= 11 is 0. The fraction of sp³-hybridized carbons (Fsp3) is 1.00. The predicted molar refractivity (Wildman–Crippen MR) is 93.1 cm³/mol. The molecule has 0 unspecified atom stereocenters. The number of ether oxygens (including phenoxy) is 5. The van der Waals surface area contributed by atoms with Crippen molar-refractivity contribution in [3.8, 4) is 0 Å².